The van der Waals surface area contributed by atoms with Crippen LogP contribution in [0.3, 0.4) is 0 Å². The Labute approximate surface area is 199 Å². The molecule has 7 heteroatoms. The predicted octanol–water partition coefficient (Wildman–Crippen LogP) is 7.45. The zero-order chi connectivity index (χ0) is 25.0. The molecule has 2 atom stereocenters. The number of methoxy groups -OCH3 is 1. The Kier molecular flexibility index (Phi) is 8.53. The Bertz CT molecular complexity index is 939. The minimum Gasteiger partial charge on any atom is -0.507 e. The highest BCUT2D eigenvalue weighted by Gasteiger charge is 2.37. The molecule has 0 aliphatic heterocycles. The number of phenols is 1. The van der Waals surface area contributed by atoms with E-state index < -0.39 is 13.4 Å². The summed E-state index contributed by atoms with van der Waals surface area (Å²) in [5.74, 6) is 0.855. The third-order valence-electron chi connectivity index (χ3n) is 5.43. The summed E-state index contributed by atoms with van der Waals surface area (Å²) in [4.78, 5) is 0. The number of hydrogen-bond donors (Lipinski definition) is 2. The molecule has 2 aromatic carbocycles. The Morgan fingerprint density at radius 1 is 0.939 bits per heavy atom. The lowest BCUT2D eigenvalue weighted by Gasteiger charge is -2.31. The Balaban J connectivity index is 2.50. The molecule has 184 valence electrons. The van der Waals surface area contributed by atoms with E-state index in [2.05, 4.69) is 5.32 Å². The van der Waals surface area contributed by atoms with Crippen LogP contribution < -0.4 is 14.6 Å². The molecule has 0 heterocycles. The summed E-state index contributed by atoms with van der Waals surface area (Å²) in [6.45, 7) is 16.2. The second kappa shape index (κ2) is 10.4. The molecule has 2 N–H and O–H groups in total. The highest BCUT2D eigenvalue weighted by Crippen LogP contribution is 2.55. The number of rotatable bonds is 9. The zero-order valence-electron chi connectivity index (χ0n) is 21.5. The van der Waals surface area contributed by atoms with Gasteiger partial charge in [0.25, 0.3) is 0 Å². The number of phenolic OH excluding ortho intramolecular Hbond substituents is 1. The van der Waals surface area contributed by atoms with Crippen molar-refractivity contribution in [1.82, 2.24) is 0 Å². The summed E-state index contributed by atoms with van der Waals surface area (Å²) in [7, 11) is -2.00. The highest BCUT2D eigenvalue weighted by atomic mass is 31.2. The Hall–Kier alpha value is -2.17. The average molecular weight is 478 g/mol. The van der Waals surface area contributed by atoms with Gasteiger partial charge in [-0.25, -0.2) is 4.57 Å². The van der Waals surface area contributed by atoms with Gasteiger partial charge in [-0.3, -0.25) is 4.52 Å². The first-order chi connectivity index (χ1) is 15.2. The van der Waals surface area contributed by atoms with Gasteiger partial charge in [0.1, 0.15) is 23.0 Å². The van der Waals surface area contributed by atoms with Crippen molar-refractivity contribution in [3.63, 3.8) is 0 Å². The molecule has 0 aliphatic rings. The zero-order valence-corrected chi connectivity index (χ0v) is 22.4. The molecule has 0 saturated carbocycles. The third-order valence-corrected chi connectivity index (χ3v) is 7.77. The Morgan fingerprint density at radius 3 is 1.85 bits per heavy atom. The number of anilines is 1. The average Bonchev–Trinajstić information content (AvgIpc) is 2.72. The fourth-order valence-electron chi connectivity index (χ4n) is 3.60. The normalized spacial score (nSPS) is 14.9. The lowest BCUT2D eigenvalue weighted by molar-refractivity contribution is 0.271. The van der Waals surface area contributed by atoms with Gasteiger partial charge in [0.2, 0.25) is 0 Å². The molecule has 0 bridgehead atoms. The fourth-order valence-corrected chi connectivity index (χ4v) is 5.47. The molecular formula is C26H40NO5P. The minimum atomic E-state index is -3.62. The van der Waals surface area contributed by atoms with Crippen molar-refractivity contribution in [2.75, 3.05) is 19.0 Å². The molecule has 6 nitrogen and oxygen atoms in total. The van der Waals surface area contributed by atoms with Crippen molar-refractivity contribution >= 4 is 13.3 Å². The molecular weight excluding hydrogens is 437 g/mol. The van der Waals surface area contributed by atoms with Crippen molar-refractivity contribution in [3.05, 3.63) is 47.5 Å². The maximum absolute atomic E-state index is 14.1. The van der Waals surface area contributed by atoms with Gasteiger partial charge in [-0.15, -0.1) is 0 Å². The number of hydrogen-bond acceptors (Lipinski definition) is 6. The van der Waals surface area contributed by atoms with Gasteiger partial charge in [0, 0.05) is 16.8 Å². The van der Waals surface area contributed by atoms with Crippen LogP contribution in [-0.2, 0) is 19.9 Å². The first-order valence-corrected chi connectivity index (χ1v) is 13.1. The van der Waals surface area contributed by atoms with Crippen LogP contribution in [-0.4, -0.2) is 24.6 Å². The first kappa shape index (κ1) is 27.1. The molecule has 0 fully saturated rings. The Morgan fingerprint density at radius 2 is 1.45 bits per heavy atom. The van der Waals surface area contributed by atoms with Gasteiger partial charge in [0.15, 0.2) is 0 Å². The second-order valence-electron chi connectivity index (χ2n) is 10.2. The minimum absolute atomic E-state index is 0.244. The lowest BCUT2D eigenvalue weighted by atomic mass is 9.79. The largest absolute Gasteiger partial charge is 0.507 e. The van der Waals surface area contributed by atoms with Gasteiger partial charge < -0.3 is 19.7 Å². The lowest BCUT2D eigenvalue weighted by Crippen LogP contribution is -2.23. The molecule has 33 heavy (non-hydrogen) atoms. The summed E-state index contributed by atoms with van der Waals surface area (Å²) in [5.41, 5.74) is 1.62. The van der Waals surface area contributed by atoms with Crippen LogP contribution >= 0.6 is 7.60 Å². The summed E-state index contributed by atoms with van der Waals surface area (Å²) >= 11 is 0. The smallest absolute Gasteiger partial charge is 0.401 e. The molecule has 0 radical (unpaired) electrons. The third kappa shape index (κ3) is 6.68. The highest BCUT2D eigenvalue weighted by molar-refractivity contribution is 7.55. The number of benzene rings is 2. The summed E-state index contributed by atoms with van der Waals surface area (Å²) in [5, 5.41) is 14.3. The molecule has 2 aromatic rings. The maximum atomic E-state index is 14.1. The number of nitrogens with one attached hydrogen (secondary N) is 1. The van der Waals surface area contributed by atoms with Gasteiger partial charge in [-0.2, -0.15) is 0 Å². The quantitative estimate of drug-likeness (QED) is 0.365. The van der Waals surface area contributed by atoms with E-state index in [1.54, 1.807) is 26.2 Å². The van der Waals surface area contributed by atoms with Crippen molar-refractivity contribution < 1.29 is 23.5 Å². The second-order valence-corrected chi connectivity index (χ2v) is 12.4. The molecule has 2 rings (SSSR count). The topological polar surface area (TPSA) is 77.0 Å². The van der Waals surface area contributed by atoms with Crippen LogP contribution in [0.5, 0.6) is 17.2 Å². The molecule has 0 amide bonds. The van der Waals surface area contributed by atoms with Crippen LogP contribution in [0.15, 0.2) is 36.4 Å². The summed E-state index contributed by atoms with van der Waals surface area (Å²) < 4.78 is 31.2. The summed E-state index contributed by atoms with van der Waals surface area (Å²) in [6, 6.07) is 11.0. The van der Waals surface area contributed by atoms with E-state index in [0.717, 1.165) is 22.6 Å². The molecule has 0 saturated heterocycles. The monoisotopic (exact) mass is 477 g/mol. The molecule has 0 aliphatic carbocycles. The van der Waals surface area contributed by atoms with Crippen LogP contribution in [0.2, 0.25) is 0 Å². The molecule has 2 unspecified atom stereocenters. The van der Waals surface area contributed by atoms with Gasteiger partial charge in [0.05, 0.1) is 13.7 Å². The number of ether oxygens (including phenoxy) is 1. The predicted molar refractivity (Wildman–Crippen MR) is 136 cm³/mol. The van der Waals surface area contributed by atoms with E-state index in [9.17, 15) is 9.67 Å². The van der Waals surface area contributed by atoms with Crippen LogP contribution in [0, 0.1) is 0 Å². The van der Waals surface area contributed by atoms with Gasteiger partial charge >= 0.3 is 7.60 Å². The number of aromatic hydroxyl groups is 1. The van der Waals surface area contributed by atoms with Crippen molar-refractivity contribution in [2.45, 2.75) is 78.4 Å². The fraction of sp³-hybridized carbons (Fsp3) is 0.538. The van der Waals surface area contributed by atoms with Crippen LogP contribution in [0.25, 0.3) is 0 Å². The van der Waals surface area contributed by atoms with Crippen molar-refractivity contribution in [2.24, 2.45) is 0 Å². The van der Waals surface area contributed by atoms with Crippen LogP contribution in [0.1, 0.15) is 72.9 Å². The van der Waals surface area contributed by atoms with E-state index in [-0.39, 0.29) is 23.2 Å². The molecule has 0 aromatic heterocycles. The van der Waals surface area contributed by atoms with Crippen LogP contribution in [0.4, 0.5) is 5.69 Å². The van der Waals surface area contributed by atoms with Gasteiger partial charge in [-0.1, -0.05) is 48.5 Å². The van der Waals surface area contributed by atoms with Crippen molar-refractivity contribution in [1.29, 1.82) is 0 Å². The van der Waals surface area contributed by atoms with E-state index in [1.165, 1.54) is 0 Å². The summed E-state index contributed by atoms with van der Waals surface area (Å²) in [6.07, 6.45) is 0.527. The van der Waals surface area contributed by atoms with E-state index in [4.69, 9.17) is 13.8 Å². The van der Waals surface area contributed by atoms with E-state index in [0.29, 0.717) is 12.2 Å². The SMILES string of the molecule is CCOP(=O)(Oc1cc(C(C)(C)C)c(O)c(C(C)(C)C)c1)C(CC)Nc1ccc(OC)cc1. The van der Waals surface area contributed by atoms with E-state index >= 15 is 0 Å². The standard InChI is InChI=1S/C26H40NO5P/c1-10-23(27-18-12-14-19(30-9)15-13-18)33(29,31-11-2)32-20-16-21(25(3,4)5)24(28)22(17-20)26(6,7)8/h12-17,23,27-28H,10-11H2,1-9H3. The first-order valence-electron chi connectivity index (χ1n) is 11.5. The van der Waals surface area contributed by atoms with Crippen molar-refractivity contribution in [3.8, 4) is 17.2 Å². The maximum Gasteiger partial charge on any atom is 0.401 e. The molecule has 0 spiro atoms. The van der Waals surface area contributed by atoms with E-state index in [1.807, 2.05) is 72.7 Å². The van der Waals surface area contributed by atoms with Gasteiger partial charge in [-0.05, 0) is 60.6 Å².